The molecule has 11 heteroatoms. The van der Waals surface area contributed by atoms with Crippen LogP contribution in [0.1, 0.15) is 64.9 Å². The van der Waals surface area contributed by atoms with Crippen molar-refractivity contribution in [2.75, 3.05) is 20.3 Å². The molecule has 0 saturated carbocycles. The number of benzene rings is 2. The van der Waals surface area contributed by atoms with Crippen molar-refractivity contribution in [1.82, 2.24) is 0 Å². The molecule has 0 unspecified atom stereocenters. The molecule has 11 nitrogen and oxygen atoms in total. The molecule has 0 spiro atoms. The molecule has 0 saturated heterocycles. The quantitative estimate of drug-likeness (QED) is 0.0503. The van der Waals surface area contributed by atoms with Gasteiger partial charge in [-0.1, -0.05) is 26.2 Å². The van der Waals surface area contributed by atoms with Crippen molar-refractivity contribution in [2.45, 2.75) is 64.7 Å². The molecule has 0 fully saturated rings. The Bertz CT molecular complexity index is 1410. The molecule has 1 heterocycles. The lowest BCUT2D eigenvalue weighted by atomic mass is 9.84. The highest BCUT2D eigenvalue weighted by molar-refractivity contribution is 6.09. The summed E-state index contributed by atoms with van der Waals surface area (Å²) in [6.45, 7) is 5.45. The van der Waals surface area contributed by atoms with Crippen LogP contribution in [0.15, 0.2) is 39.5 Å². The average molecular weight is 544 g/mol. The standard InChI is InChI=1S/C28H33NO10/c1-5-6-7-8-13-36-27(32)28(2,3)18-15-22(38-24(30)10-9-14-37-29(33)34)25-21-17-19(35-4)11-12-20(21)26(31)39-23(25)16-18/h11-12,15-17H,5-10,13-14H2,1-4H3. The van der Waals surface area contributed by atoms with Crippen molar-refractivity contribution in [3.63, 3.8) is 0 Å². The minimum atomic E-state index is -1.17. The lowest BCUT2D eigenvalue weighted by Gasteiger charge is -2.24. The highest BCUT2D eigenvalue weighted by Gasteiger charge is 2.33. The zero-order valence-corrected chi connectivity index (χ0v) is 22.6. The molecule has 0 atom stereocenters. The number of rotatable bonds is 14. The molecule has 1 aromatic heterocycles. The maximum absolute atomic E-state index is 13.1. The Morgan fingerprint density at radius 3 is 2.49 bits per heavy atom. The molecule has 0 N–H and O–H groups in total. The fourth-order valence-electron chi connectivity index (χ4n) is 4.09. The predicted molar refractivity (Wildman–Crippen MR) is 142 cm³/mol. The molecule has 0 amide bonds. The molecule has 39 heavy (non-hydrogen) atoms. The van der Waals surface area contributed by atoms with E-state index in [1.54, 1.807) is 44.2 Å². The van der Waals surface area contributed by atoms with Crippen molar-refractivity contribution in [3.8, 4) is 11.5 Å². The Kier molecular flexibility index (Phi) is 9.86. The molecule has 0 aliphatic heterocycles. The zero-order valence-electron chi connectivity index (χ0n) is 22.6. The first-order valence-corrected chi connectivity index (χ1v) is 12.8. The summed E-state index contributed by atoms with van der Waals surface area (Å²) in [6.07, 6.45) is 3.70. The summed E-state index contributed by atoms with van der Waals surface area (Å²) in [4.78, 5) is 53.2. The van der Waals surface area contributed by atoms with Crippen LogP contribution in [0.5, 0.6) is 11.5 Å². The van der Waals surface area contributed by atoms with Gasteiger partial charge in [-0.15, -0.1) is 10.1 Å². The molecular formula is C28H33NO10. The minimum absolute atomic E-state index is 0.0525. The van der Waals surface area contributed by atoms with Gasteiger partial charge in [0.1, 0.15) is 17.1 Å². The van der Waals surface area contributed by atoms with E-state index in [1.165, 1.54) is 7.11 Å². The number of carbonyl (C=O) groups is 2. The van der Waals surface area contributed by atoms with Crippen LogP contribution in [0.4, 0.5) is 0 Å². The van der Waals surface area contributed by atoms with Crippen molar-refractivity contribution >= 4 is 33.7 Å². The fraction of sp³-hybridized carbons (Fsp3) is 0.464. The second-order valence-electron chi connectivity index (χ2n) is 9.60. The van der Waals surface area contributed by atoms with Gasteiger partial charge in [-0.05, 0) is 62.6 Å². The van der Waals surface area contributed by atoms with E-state index in [2.05, 4.69) is 11.8 Å². The minimum Gasteiger partial charge on any atom is -0.497 e. The first kappa shape index (κ1) is 29.4. The van der Waals surface area contributed by atoms with Gasteiger partial charge in [0.15, 0.2) is 0 Å². The topological polar surface area (TPSA) is 144 Å². The average Bonchev–Trinajstić information content (AvgIpc) is 2.90. The van der Waals surface area contributed by atoms with Gasteiger partial charge in [-0.3, -0.25) is 9.59 Å². The largest absolute Gasteiger partial charge is 0.497 e. The Morgan fingerprint density at radius 1 is 1.03 bits per heavy atom. The maximum Gasteiger partial charge on any atom is 0.344 e. The molecule has 210 valence electrons. The molecule has 0 aliphatic carbocycles. The molecule has 0 bridgehead atoms. The van der Waals surface area contributed by atoms with Crippen LogP contribution < -0.4 is 15.1 Å². The third-order valence-corrected chi connectivity index (χ3v) is 6.39. The van der Waals surface area contributed by atoms with Gasteiger partial charge in [-0.25, -0.2) is 4.79 Å². The van der Waals surface area contributed by atoms with Gasteiger partial charge in [0.05, 0.1) is 36.5 Å². The number of esters is 2. The highest BCUT2D eigenvalue weighted by atomic mass is 16.9. The van der Waals surface area contributed by atoms with Crippen molar-refractivity contribution < 1.29 is 38.1 Å². The number of carbonyl (C=O) groups excluding carboxylic acids is 2. The van der Waals surface area contributed by atoms with E-state index in [9.17, 15) is 24.5 Å². The number of hydrogen-bond acceptors (Lipinski definition) is 10. The fourth-order valence-corrected chi connectivity index (χ4v) is 4.09. The van der Waals surface area contributed by atoms with E-state index in [1.807, 2.05) is 0 Å². The summed E-state index contributed by atoms with van der Waals surface area (Å²) in [7, 11) is 1.48. The Labute approximate surface area is 225 Å². The Hall–Kier alpha value is -4.15. The number of hydrogen-bond donors (Lipinski definition) is 0. The van der Waals surface area contributed by atoms with Crippen molar-refractivity contribution in [2.24, 2.45) is 0 Å². The number of ether oxygens (including phenoxy) is 3. The van der Waals surface area contributed by atoms with Gasteiger partial charge in [0.25, 0.3) is 5.09 Å². The normalized spacial score (nSPS) is 11.4. The monoisotopic (exact) mass is 543 g/mol. The summed E-state index contributed by atoms with van der Waals surface area (Å²) >= 11 is 0. The summed E-state index contributed by atoms with van der Waals surface area (Å²) in [5.41, 5.74) is -1.25. The van der Waals surface area contributed by atoms with Crippen molar-refractivity contribution in [3.05, 3.63) is 56.4 Å². The molecule has 2 aromatic carbocycles. The smallest absolute Gasteiger partial charge is 0.344 e. The van der Waals surface area contributed by atoms with Crippen LogP contribution in [0.3, 0.4) is 0 Å². The van der Waals surface area contributed by atoms with E-state index in [0.29, 0.717) is 22.1 Å². The van der Waals surface area contributed by atoms with Crippen LogP contribution in [0.2, 0.25) is 0 Å². The third-order valence-electron chi connectivity index (χ3n) is 6.39. The lowest BCUT2D eigenvalue weighted by Crippen LogP contribution is -2.31. The Balaban J connectivity index is 2.04. The van der Waals surface area contributed by atoms with Gasteiger partial charge in [0.2, 0.25) is 0 Å². The number of methoxy groups -OCH3 is 1. The predicted octanol–water partition coefficient (Wildman–Crippen LogP) is 5.25. The summed E-state index contributed by atoms with van der Waals surface area (Å²) < 4.78 is 22.1. The van der Waals surface area contributed by atoms with Crippen LogP contribution in [0.25, 0.3) is 21.7 Å². The number of unbranched alkanes of at least 4 members (excludes halogenated alkanes) is 3. The Morgan fingerprint density at radius 2 is 1.79 bits per heavy atom. The van der Waals surface area contributed by atoms with Crippen LogP contribution in [-0.2, 0) is 24.6 Å². The SMILES string of the molecule is CCCCCCOC(=O)C(C)(C)c1cc(OC(=O)CCCO[N+](=O)[O-])c2c(c1)oc(=O)c1ccc(OC)cc12. The molecule has 3 rings (SSSR count). The van der Waals surface area contributed by atoms with Crippen LogP contribution in [-0.4, -0.2) is 37.3 Å². The highest BCUT2D eigenvalue weighted by Crippen LogP contribution is 2.38. The maximum atomic E-state index is 13.1. The first-order chi connectivity index (χ1) is 18.6. The van der Waals surface area contributed by atoms with E-state index in [4.69, 9.17) is 18.6 Å². The van der Waals surface area contributed by atoms with Crippen LogP contribution in [0, 0.1) is 10.1 Å². The van der Waals surface area contributed by atoms with Gasteiger partial charge in [0, 0.05) is 11.8 Å². The zero-order chi connectivity index (χ0) is 28.6. The van der Waals surface area contributed by atoms with Gasteiger partial charge in [-0.2, -0.15) is 0 Å². The molecule has 0 aliphatic rings. The van der Waals surface area contributed by atoms with Crippen LogP contribution >= 0.6 is 0 Å². The van der Waals surface area contributed by atoms with E-state index < -0.39 is 28.1 Å². The van der Waals surface area contributed by atoms with Gasteiger partial charge >= 0.3 is 17.6 Å². The number of fused-ring (bicyclic) bond motifs is 3. The summed E-state index contributed by atoms with van der Waals surface area (Å²) in [6, 6.07) is 7.90. The van der Waals surface area contributed by atoms with E-state index in [-0.39, 0.29) is 42.8 Å². The third kappa shape index (κ3) is 7.24. The van der Waals surface area contributed by atoms with E-state index in [0.717, 1.165) is 25.7 Å². The summed E-state index contributed by atoms with van der Waals surface area (Å²) in [5.74, 6) is -0.621. The summed E-state index contributed by atoms with van der Waals surface area (Å²) in [5, 5.41) is 10.5. The first-order valence-electron chi connectivity index (χ1n) is 12.8. The van der Waals surface area contributed by atoms with Gasteiger partial charge < -0.3 is 23.5 Å². The molecular weight excluding hydrogens is 510 g/mol. The second-order valence-corrected chi connectivity index (χ2v) is 9.60. The van der Waals surface area contributed by atoms with E-state index >= 15 is 0 Å². The van der Waals surface area contributed by atoms with Crippen molar-refractivity contribution in [1.29, 1.82) is 0 Å². The lowest BCUT2D eigenvalue weighted by molar-refractivity contribution is -0.757. The number of nitrogens with zero attached hydrogens (tertiary/aromatic N) is 1. The molecule has 0 radical (unpaired) electrons. The second kappa shape index (κ2) is 13.1. The molecule has 3 aromatic rings.